The normalized spacial score (nSPS) is 17.5. The summed E-state index contributed by atoms with van der Waals surface area (Å²) >= 11 is 0. The number of aryl methyl sites for hydroxylation is 1. The van der Waals surface area contributed by atoms with Gasteiger partial charge in [-0.3, -0.25) is 14.5 Å². The van der Waals surface area contributed by atoms with Crippen molar-refractivity contribution in [2.24, 2.45) is 0 Å². The molecule has 0 bridgehead atoms. The number of hydrogen-bond acceptors (Lipinski definition) is 5. The number of amides is 1. The van der Waals surface area contributed by atoms with Crippen molar-refractivity contribution in [1.82, 2.24) is 0 Å². The average Bonchev–Trinajstić information content (AvgIpc) is 3.09. The van der Waals surface area contributed by atoms with Crippen molar-refractivity contribution in [3.63, 3.8) is 0 Å². The van der Waals surface area contributed by atoms with Gasteiger partial charge in [-0.15, -0.1) is 0 Å². The topological polar surface area (TPSA) is 87.1 Å². The minimum atomic E-state index is -0.914. The van der Waals surface area contributed by atoms with E-state index < -0.39 is 17.7 Å². The Morgan fingerprint density at radius 1 is 1.00 bits per heavy atom. The molecule has 1 aliphatic rings. The first-order valence-electron chi connectivity index (χ1n) is 12.0. The number of phenolic OH excluding ortho intramolecular Hbond substituents is 1. The van der Waals surface area contributed by atoms with E-state index in [0.29, 0.717) is 23.5 Å². The third-order valence-corrected chi connectivity index (χ3v) is 6.30. The Labute approximate surface area is 211 Å². The molecule has 0 spiro atoms. The highest BCUT2D eigenvalue weighted by Crippen LogP contribution is 2.45. The number of aliphatic hydroxyl groups excluding tert-OH is 1. The molecule has 1 aliphatic heterocycles. The second kappa shape index (κ2) is 9.53. The average molecular weight is 486 g/mol. The lowest BCUT2D eigenvalue weighted by atomic mass is 9.84. The molecular weight excluding hydrogens is 454 g/mol. The van der Waals surface area contributed by atoms with Gasteiger partial charge in [-0.2, -0.15) is 0 Å². The Morgan fingerprint density at radius 3 is 2.36 bits per heavy atom. The van der Waals surface area contributed by atoms with Gasteiger partial charge >= 0.3 is 0 Å². The minimum Gasteiger partial charge on any atom is -0.507 e. The highest BCUT2D eigenvalue weighted by molar-refractivity contribution is 6.51. The third-order valence-electron chi connectivity index (χ3n) is 6.30. The van der Waals surface area contributed by atoms with Crippen LogP contribution >= 0.6 is 0 Å². The van der Waals surface area contributed by atoms with E-state index in [2.05, 4.69) is 0 Å². The molecule has 1 amide bonds. The molecule has 3 aromatic rings. The van der Waals surface area contributed by atoms with Crippen LogP contribution < -0.4 is 9.64 Å². The van der Waals surface area contributed by atoms with E-state index in [1.54, 1.807) is 36.4 Å². The Hall–Kier alpha value is -4.06. The first kappa shape index (κ1) is 25.0. The largest absolute Gasteiger partial charge is 0.507 e. The molecule has 0 saturated carbocycles. The van der Waals surface area contributed by atoms with Gasteiger partial charge in [0.05, 0.1) is 23.9 Å². The van der Waals surface area contributed by atoms with Crippen molar-refractivity contribution < 1.29 is 24.5 Å². The van der Waals surface area contributed by atoms with Crippen molar-refractivity contribution in [2.45, 2.75) is 46.1 Å². The maximum absolute atomic E-state index is 13.4. The Balaban J connectivity index is 1.97. The second-order valence-corrected chi connectivity index (χ2v) is 9.97. The number of benzene rings is 3. The number of phenols is 1. The first-order valence-corrected chi connectivity index (χ1v) is 12.0. The van der Waals surface area contributed by atoms with Gasteiger partial charge in [0.15, 0.2) is 0 Å². The summed E-state index contributed by atoms with van der Waals surface area (Å²) in [6.07, 6.45) is 0. The molecule has 0 aliphatic carbocycles. The summed E-state index contributed by atoms with van der Waals surface area (Å²) in [6, 6.07) is 18.2. The second-order valence-electron chi connectivity index (χ2n) is 9.97. The van der Waals surface area contributed by atoms with E-state index in [1.165, 1.54) is 11.0 Å². The van der Waals surface area contributed by atoms with Crippen molar-refractivity contribution in [3.05, 3.63) is 94.6 Å². The lowest BCUT2D eigenvalue weighted by Crippen LogP contribution is -2.29. The number of para-hydroxylation sites is 2. The van der Waals surface area contributed by atoms with Gasteiger partial charge in [-0.1, -0.05) is 62.7 Å². The molecule has 4 rings (SSSR count). The Bertz CT molecular complexity index is 1370. The van der Waals surface area contributed by atoms with Crippen LogP contribution in [-0.4, -0.2) is 28.5 Å². The predicted molar refractivity (Wildman–Crippen MR) is 140 cm³/mol. The van der Waals surface area contributed by atoms with Crippen LogP contribution in [0.5, 0.6) is 11.5 Å². The fourth-order valence-corrected chi connectivity index (χ4v) is 4.60. The van der Waals surface area contributed by atoms with Gasteiger partial charge in [0.25, 0.3) is 11.7 Å². The van der Waals surface area contributed by atoms with Crippen LogP contribution in [0.3, 0.4) is 0 Å². The number of rotatable bonds is 5. The van der Waals surface area contributed by atoms with Crippen LogP contribution in [0.15, 0.2) is 72.3 Å². The number of anilines is 1. The Morgan fingerprint density at radius 2 is 1.72 bits per heavy atom. The highest BCUT2D eigenvalue weighted by atomic mass is 16.5. The highest BCUT2D eigenvalue weighted by Gasteiger charge is 2.47. The molecule has 36 heavy (non-hydrogen) atoms. The maximum Gasteiger partial charge on any atom is 0.300 e. The van der Waals surface area contributed by atoms with E-state index in [-0.39, 0.29) is 28.2 Å². The maximum atomic E-state index is 13.4. The summed E-state index contributed by atoms with van der Waals surface area (Å²) in [7, 11) is 0. The summed E-state index contributed by atoms with van der Waals surface area (Å²) in [6.45, 7) is 10.4. The zero-order valence-electron chi connectivity index (χ0n) is 21.2. The van der Waals surface area contributed by atoms with Gasteiger partial charge in [0.2, 0.25) is 0 Å². The molecule has 2 N–H and O–H groups in total. The van der Waals surface area contributed by atoms with Crippen LogP contribution in [0.1, 0.15) is 56.0 Å². The Kier molecular flexibility index (Phi) is 6.63. The lowest BCUT2D eigenvalue weighted by Gasteiger charge is -2.26. The number of ether oxygens (including phenoxy) is 1. The molecule has 6 nitrogen and oxygen atoms in total. The number of ketones is 1. The monoisotopic (exact) mass is 485 g/mol. The molecule has 1 atom stereocenters. The van der Waals surface area contributed by atoms with Gasteiger partial charge in [0, 0.05) is 11.1 Å². The number of Topliss-reactive ketones (excluding diaryl/α,β-unsaturated/α-hetero) is 1. The van der Waals surface area contributed by atoms with E-state index in [0.717, 1.165) is 11.1 Å². The standard InChI is InChI=1S/C30H31NO5/c1-6-36-24-15-14-20(17-21(24)30(3,4)5)27(33)25-26(19-11-9-10-18(2)16-19)31(29(35)28(25)34)22-12-7-8-13-23(22)32/h7-17,26,32-33H,6H2,1-5H3/b27-25-. The molecule has 1 saturated heterocycles. The number of nitrogens with zero attached hydrogens (tertiary/aromatic N) is 1. The molecule has 1 unspecified atom stereocenters. The number of carbonyl (C=O) groups excluding carboxylic acids is 2. The van der Waals surface area contributed by atoms with Crippen molar-refractivity contribution in [2.75, 3.05) is 11.5 Å². The van der Waals surface area contributed by atoms with Gasteiger partial charge in [-0.05, 0) is 55.2 Å². The smallest absolute Gasteiger partial charge is 0.300 e. The third kappa shape index (κ3) is 4.47. The van der Waals surface area contributed by atoms with Crippen LogP contribution in [0.25, 0.3) is 5.76 Å². The molecule has 0 aromatic heterocycles. The van der Waals surface area contributed by atoms with Crippen LogP contribution in [0, 0.1) is 6.92 Å². The summed E-state index contributed by atoms with van der Waals surface area (Å²) in [5, 5.41) is 22.1. The molecule has 6 heteroatoms. The van der Waals surface area contributed by atoms with Crippen molar-refractivity contribution in [3.8, 4) is 11.5 Å². The summed E-state index contributed by atoms with van der Waals surface area (Å²) < 4.78 is 5.80. The summed E-state index contributed by atoms with van der Waals surface area (Å²) in [4.78, 5) is 28.0. The van der Waals surface area contributed by atoms with Crippen LogP contribution in [-0.2, 0) is 15.0 Å². The molecule has 186 valence electrons. The van der Waals surface area contributed by atoms with E-state index in [1.807, 2.05) is 58.9 Å². The van der Waals surface area contributed by atoms with E-state index in [9.17, 15) is 19.8 Å². The molecule has 3 aromatic carbocycles. The summed E-state index contributed by atoms with van der Waals surface area (Å²) in [5.74, 6) is -1.33. The lowest BCUT2D eigenvalue weighted by molar-refractivity contribution is -0.132. The van der Waals surface area contributed by atoms with E-state index >= 15 is 0 Å². The van der Waals surface area contributed by atoms with Gasteiger partial charge in [0.1, 0.15) is 17.3 Å². The quantitative estimate of drug-likeness (QED) is 0.262. The number of hydrogen-bond donors (Lipinski definition) is 2. The van der Waals surface area contributed by atoms with Gasteiger partial charge in [-0.25, -0.2) is 0 Å². The molecular formula is C30H31NO5. The van der Waals surface area contributed by atoms with Gasteiger partial charge < -0.3 is 14.9 Å². The zero-order chi connectivity index (χ0) is 26.2. The van der Waals surface area contributed by atoms with Crippen molar-refractivity contribution in [1.29, 1.82) is 0 Å². The number of carbonyl (C=O) groups is 2. The first-order chi connectivity index (χ1) is 17.0. The summed E-state index contributed by atoms with van der Waals surface area (Å²) in [5.41, 5.74) is 2.75. The molecule has 1 heterocycles. The molecule has 1 fully saturated rings. The fourth-order valence-electron chi connectivity index (χ4n) is 4.60. The van der Waals surface area contributed by atoms with Crippen molar-refractivity contribution >= 4 is 23.1 Å². The van der Waals surface area contributed by atoms with Crippen LogP contribution in [0.4, 0.5) is 5.69 Å². The SMILES string of the molecule is CCOc1ccc(/C(O)=C2/C(=O)C(=O)N(c3ccccc3O)C2c2cccc(C)c2)cc1C(C)(C)C. The fraction of sp³-hybridized carbons (Fsp3) is 0.267. The van der Waals surface area contributed by atoms with E-state index in [4.69, 9.17) is 4.74 Å². The predicted octanol–water partition coefficient (Wildman–Crippen LogP) is 6.02. The van der Waals surface area contributed by atoms with Crippen LogP contribution in [0.2, 0.25) is 0 Å². The minimum absolute atomic E-state index is 0.0297. The number of aliphatic hydroxyl groups is 1. The number of aromatic hydroxyl groups is 1. The zero-order valence-corrected chi connectivity index (χ0v) is 21.2. The molecule has 0 radical (unpaired) electrons.